The first kappa shape index (κ1) is 9.86. The molecule has 4 heteroatoms. The zero-order valence-corrected chi connectivity index (χ0v) is 8.66. The zero-order chi connectivity index (χ0) is 10.5. The summed E-state index contributed by atoms with van der Waals surface area (Å²) in [7, 11) is 0. The molecule has 0 amide bonds. The molecular formula is C11H8NO2S. The van der Waals surface area contributed by atoms with Gasteiger partial charge >= 0.3 is 6.47 Å². The minimum absolute atomic E-state index is 0.178. The zero-order valence-electron chi connectivity index (χ0n) is 7.84. The Morgan fingerprint density at radius 1 is 1.33 bits per heavy atom. The summed E-state index contributed by atoms with van der Waals surface area (Å²) < 4.78 is 4.58. The minimum Gasteiger partial charge on any atom is -0.451 e. The molecule has 0 unspecified atom stereocenters. The molecule has 2 aromatic rings. The van der Waals surface area contributed by atoms with E-state index in [-0.39, 0.29) is 6.61 Å². The summed E-state index contributed by atoms with van der Waals surface area (Å²) in [6.07, 6.45) is 0. The Hall–Kier alpha value is -1.68. The Bertz CT molecular complexity index is 439. The van der Waals surface area contributed by atoms with E-state index >= 15 is 0 Å². The van der Waals surface area contributed by atoms with E-state index in [4.69, 9.17) is 0 Å². The van der Waals surface area contributed by atoms with Gasteiger partial charge in [0.05, 0.1) is 16.1 Å². The van der Waals surface area contributed by atoms with Crippen LogP contribution in [0.2, 0.25) is 0 Å². The molecule has 0 N–H and O–H groups in total. The Morgan fingerprint density at radius 2 is 2.13 bits per heavy atom. The number of ether oxygens (including phenoxy) is 1. The molecule has 0 saturated heterocycles. The van der Waals surface area contributed by atoms with Gasteiger partial charge in [0, 0.05) is 0 Å². The van der Waals surface area contributed by atoms with Crippen LogP contribution in [0.5, 0.6) is 0 Å². The summed E-state index contributed by atoms with van der Waals surface area (Å²) in [5.41, 5.74) is 3.60. The molecule has 0 aliphatic heterocycles. The first-order valence-corrected chi connectivity index (χ1v) is 5.26. The SMILES string of the molecule is O=[C]OCc1ncsc1-c1ccccc1. The highest BCUT2D eigenvalue weighted by Crippen LogP contribution is 2.27. The molecule has 1 radical (unpaired) electrons. The van der Waals surface area contributed by atoms with Crippen molar-refractivity contribution in [1.82, 2.24) is 4.98 Å². The fourth-order valence-corrected chi connectivity index (χ4v) is 2.10. The topological polar surface area (TPSA) is 39.2 Å². The van der Waals surface area contributed by atoms with Crippen LogP contribution in [-0.2, 0) is 16.1 Å². The van der Waals surface area contributed by atoms with Crippen LogP contribution in [0, 0.1) is 0 Å². The van der Waals surface area contributed by atoms with Crippen molar-refractivity contribution in [1.29, 1.82) is 0 Å². The highest BCUT2D eigenvalue weighted by atomic mass is 32.1. The maximum atomic E-state index is 9.98. The van der Waals surface area contributed by atoms with E-state index in [2.05, 4.69) is 9.72 Å². The quantitative estimate of drug-likeness (QED) is 0.791. The van der Waals surface area contributed by atoms with Gasteiger partial charge < -0.3 is 4.74 Å². The lowest BCUT2D eigenvalue weighted by Gasteiger charge is -2.00. The van der Waals surface area contributed by atoms with Crippen LogP contribution in [0.1, 0.15) is 5.69 Å². The lowest BCUT2D eigenvalue weighted by atomic mass is 10.1. The van der Waals surface area contributed by atoms with Crippen molar-refractivity contribution in [3.8, 4) is 10.4 Å². The van der Waals surface area contributed by atoms with Crippen molar-refractivity contribution in [3.05, 3.63) is 41.5 Å². The summed E-state index contributed by atoms with van der Waals surface area (Å²) in [4.78, 5) is 15.2. The van der Waals surface area contributed by atoms with Gasteiger partial charge in [-0.25, -0.2) is 9.78 Å². The third kappa shape index (κ3) is 2.22. The predicted octanol–water partition coefficient (Wildman–Crippen LogP) is 2.39. The van der Waals surface area contributed by atoms with E-state index in [9.17, 15) is 4.79 Å². The highest BCUT2D eigenvalue weighted by molar-refractivity contribution is 7.13. The van der Waals surface area contributed by atoms with Crippen molar-refractivity contribution in [3.63, 3.8) is 0 Å². The van der Waals surface area contributed by atoms with Crippen molar-refractivity contribution >= 4 is 17.8 Å². The highest BCUT2D eigenvalue weighted by Gasteiger charge is 2.08. The van der Waals surface area contributed by atoms with Gasteiger partial charge in [0.15, 0.2) is 0 Å². The molecule has 2 rings (SSSR count). The largest absolute Gasteiger partial charge is 0.451 e. The molecule has 1 heterocycles. The van der Waals surface area contributed by atoms with Crippen molar-refractivity contribution in [2.45, 2.75) is 6.61 Å². The number of thiazole rings is 1. The molecule has 0 aliphatic rings. The molecule has 0 spiro atoms. The Morgan fingerprint density at radius 3 is 2.87 bits per heavy atom. The molecule has 3 nitrogen and oxygen atoms in total. The predicted molar refractivity (Wildman–Crippen MR) is 58.0 cm³/mol. The number of benzene rings is 1. The van der Waals surface area contributed by atoms with Gasteiger partial charge in [-0.2, -0.15) is 0 Å². The Balaban J connectivity index is 2.29. The molecule has 0 saturated carbocycles. The molecule has 1 aromatic carbocycles. The maximum absolute atomic E-state index is 9.98. The fourth-order valence-electron chi connectivity index (χ4n) is 1.29. The number of carbonyl (C=O) groups excluding carboxylic acids is 1. The number of aromatic nitrogens is 1. The Labute approximate surface area is 91.4 Å². The summed E-state index contributed by atoms with van der Waals surface area (Å²) in [5, 5.41) is 0. The lowest BCUT2D eigenvalue weighted by molar-refractivity contribution is 0.264. The molecule has 0 atom stereocenters. The maximum Gasteiger partial charge on any atom is 0.417 e. The molecule has 0 aliphatic carbocycles. The first-order chi connectivity index (χ1) is 7.42. The molecule has 0 bridgehead atoms. The fraction of sp³-hybridized carbons (Fsp3) is 0.0909. The summed E-state index contributed by atoms with van der Waals surface area (Å²) >= 11 is 1.53. The third-order valence-electron chi connectivity index (χ3n) is 1.94. The van der Waals surface area contributed by atoms with Crippen molar-refractivity contribution in [2.24, 2.45) is 0 Å². The van der Waals surface area contributed by atoms with E-state index in [1.54, 1.807) is 5.51 Å². The number of nitrogens with zero attached hydrogens (tertiary/aromatic N) is 1. The van der Waals surface area contributed by atoms with Crippen LogP contribution in [0.4, 0.5) is 0 Å². The monoisotopic (exact) mass is 218 g/mol. The minimum atomic E-state index is 0.178. The number of hydrogen-bond acceptors (Lipinski definition) is 4. The van der Waals surface area contributed by atoms with Gasteiger partial charge in [-0.05, 0) is 5.56 Å². The van der Waals surface area contributed by atoms with Crippen LogP contribution >= 0.6 is 11.3 Å². The van der Waals surface area contributed by atoms with E-state index in [1.807, 2.05) is 30.3 Å². The van der Waals surface area contributed by atoms with Crippen LogP contribution in [-0.4, -0.2) is 11.5 Å². The average Bonchev–Trinajstić information content (AvgIpc) is 2.75. The molecule has 75 valence electrons. The van der Waals surface area contributed by atoms with Crippen molar-refractivity contribution in [2.75, 3.05) is 0 Å². The van der Waals surface area contributed by atoms with E-state index in [0.29, 0.717) is 0 Å². The normalized spacial score (nSPS) is 9.87. The van der Waals surface area contributed by atoms with Gasteiger partial charge in [0.2, 0.25) is 0 Å². The van der Waals surface area contributed by atoms with Gasteiger partial charge in [0.25, 0.3) is 0 Å². The van der Waals surface area contributed by atoms with Gasteiger partial charge in [0.1, 0.15) is 6.61 Å². The third-order valence-corrected chi connectivity index (χ3v) is 2.86. The second-order valence-corrected chi connectivity index (χ2v) is 3.72. The van der Waals surface area contributed by atoms with Crippen LogP contribution in [0.15, 0.2) is 35.8 Å². The van der Waals surface area contributed by atoms with Crippen molar-refractivity contribution < 1.29 is 9.53 Å². The number of hydrogen-bond donors (Lipinski definition) is 0. The lowest BCUT2D eigenvalue weighted by Crippen LogP contribution is -1.92. The second-order valence-electron chi connectivity index (χ2n) is 2.87. The van der Waals surface area contributed by atoms with Gasteiger partial charge in [-0.3, -0.25) is 0 Å². The van der Waals surface area contributed by atoms with E-state index < -0.39 is 0 Å². The van der Waals surface area contributed by atoms with Crippen LogP contribution < -0.4 is 0 Å². The molecular weight excluding hydrogens is 210 g/mol. The first-order valence-electron chi connectivity index (χ1n) is 4.38. The second kappa shape index (κ2) is 4.70. The van der Waals surface area contributed by atoms with Crippen LogP contribution in [0.25, 0.3) is 10.4 Å². The Kier molecular flexibility index (Phi) is 3.09. The average molecular weight is 218 g/mol. The van der Waals surface area contributed by atoms with E-state index in [1.165, 1.54) is 17.8 Å². The van der Waals surface area contributed by atoms with Gasteiger partial charge in [-0.1, -0.05) is 30.3 Å². The molecule has 1 aromatic heterocycles. The standard InChI is InChI=1S/C11H8NO2S/c13-8-14-6-10-11(15-7-12-10)9-4-2-1-3-5-9/h1-5,7H,6H2. The number of rotatable bonds is 4. The molecule has 0 fully saturated rings. The van der Waals surface area contributed by atoms with Gasteiger partial charge in [-0.15, -0.1) is 11.3 Å². The summed E-state index contributed by atoms with van der Waals surface area (Å²) in [6, 6.07) is 9.89. The molecule has 15 heavy (non-hydrogen) atoms. The summed E-state index contributed by atoms with van der Waals surface area (Å²) in [5.74, 6) is 0. The van der Waals surface area contributed by atoms with Crippen LogP contribution in [0.3, 0.4) is 0 Å². The smallest absolute Gasteiger partial charge is 0.417 e. The van der Waals surface area contributed by atoms with E-state index in [0.717, 1.165) is 16.1 Å². The summed E-state index contributed by atoms with van der Waals surface area (Å²) in [6.45, 7) is 1.58.